The van der Waals surface area contributed by atoms with Gasteiger partial charge in [0.05, 0.1) is 10.0 Å². The van der Waals surface area contributed by atoms with Crippen molar-refractivity contribution in [1.82, 2.24) is 9.97 Å². The molecule has 6 heteroatoms. The molecule has 18 heavy (non-hydrogen) atoms. The van der Waals surface area contributed by atoms with Gasteiger partial charge in [0.2, 0.25) is 0 Å². The summed E-state index contributed by atoms with van der Waals surface area (Å²) in [4.78, 5) is 8.65. The van der Waals surface area contributed by atoms with Crippen molar-refractivity contribution >= 4 is 45.9 Å². The minimum atomic E-state index is 0.669. The Hall–Kier alpha value is -0.940. The third kappa shape index (κ3) is 2.29. The molecule has 3 rings (SSSR count). The highest BCUT2D eigenvalue weighted by Crippen LogP contribution is 2.39. The van der Waals surface area contributed by atoms with E-state index < -0.39 is 0 Å². The summed E-state index contributed by atoms with van der Waals surface area (Å²) in [5.41, 5.74) is 2.75. The molecule has 0 fully saturated rings. The van der Waals surface area contributed by atoms with Gasteiger partial charge in [-0.1, -0.05) is 23.2 Å². The van der Waals surface area contributed by atoms with E-state index in [9.17, 15) is 0 Å². The van der Waals surface area contributed by atoms with E-state index in [1.165, 1.54) is 11.3 Å². The fourth-order valence-electron chi connectivity index (χ4n) is 1.53. The number of hydrogen-bond acceptors (Lipinski definition) is 4. The van der Waals surface area contributed by atoms with Crippen LogP contribution in [0.25, 0.3) is 21.8 Å². The third-order valence-corrected chi connectivity index (χ3v) is 4.72. The molecular formula is C12H6Cl2N2S2. The fraction of sp³-hybridized carbons (Fsp3) is 0. The van der Waals surface area contributed by atoms with Crippen LogP contribution in [0.15, 0.2) is 36.0 Å². The third-order valence-electron chi connectivity index (χ3n) is 2.35. The molecule has 90 valence electrons. The predicted molar refractivity (Wildman–Crippen MR) is 78.7 cm³/mol. The molecule has 0 radical (unpaired) electrons. The minimum absolute atomic E-state index is 0.669. The summed E-state index contributed by atoms with van der Waals surface area (Å²) < 4.78 is 1.34. The minimum Gasteiger partial charge on any atom is -0.264 e. The normalized spacial score (nSPS) is 10.8. The lowest BCUT2D eigenvalue weighted by Crippen LogP contribution is -1.79. The first kappa shape index (κ1) is 12.1. The number of thiazole rings is 1. The largest absolute Gasteiger partial charge is 0.264 e. The van der Waals surface area contributed by atoms with Crippen molar-refractivity contribution in [2.24, 2.45) is 0 Å². The van der Waals surface area contributed by atoms with E-state index in [2.05, 4.69) is 9.97 Å². The summed E-state index contributed by atoms with van der Waals surface area (Å²) in [6, 6.07) is 5.72. The standard InChI is InChI=1S/C12H6Cl2N2S2/c13-10-4-8(11(14)18-10)9-6-17-12(16-9)7-2-1-3-15-5-7/h1-6H. The van der Waals surface area contributed by atoms with E-state index in [-0.39, 0.29) is 0 Å². The zero-order valence-corrected chi connectivity index (χ0v) is 12.1. The molecule has 0 aliphatic heterocycles. The quantitative estimate of drug-likeness (QED) is 0.646. The average Bonchev–Trinajstić information content (AvgIpc) is 2.97. The van der Waals surface area contributed by atoms with Crippen LogP contribution >= 0.6 is 45.9 Å². The fourth-order valence-corrected chi connectivity index (χ4v) is 3.83. The summed E-state index contributed by atoms with van der Waals surface area (Å²) in [7, 11) is 0. The summed E-state index contributed by atoms with van der Waals surface area (Å²) in [5, 5.41) is 2.91. The lowest BCUT2D eigenvalue weighted by molar-refractivity contribution is 1.31. The van der Waals surface area contributed by atoms with Gasteiger partial charge in [0.15, 0.2) is 0 Å². The highest BCUT2D eigenvalue weighted by molar-refractivity contribution is 7.20. The van der Waals surface area contributed by atoms with Gasteiger partial charge in [-0.3, -0.25) is 4.98 Å². The van der Waals surface area contributed by atoms with Gasteiger partial charge < -0.3 is 0 Å². The molecule has 0 saturated heterocycles. The second-order valence-electron chi connectivity index (χ2n) is 3.52. The lowest BCUT2D eigenvalue weighted by Gasteiger charge is -1.94. The van der Waals surface area contributed by atoms with E-state index >= 15 is 0 Å². The molecule has 2 nitrogen and oxygen atoms in total. The highest BCUT2D eigenvalue weighted by atomic mass is 35.5. The van der Waals surface area contributed by atoms with Crippen LogP contribution < -0.4 is 0 Å². The average molecular weight is 313 g/mol. The van der Waals surface area contributed by atoms with E-state index in [1.54, 1.807) is 23.7 Å². The summed E-state index contributed by atoms with van der Waals surface area (Å²) in [5.74, 6) is 0. The Morgan fingerprint density at radius 3 is 2.78 bits per heavy atom. The Bertz CT molecular complexity index is 676. The topological polar surface area (TPSA) is 25.8 Å². The molecule has 0 aliphatic carbocycles. The number of hydrogen-bond donors (Lipinski definition) is 0. The molecule has 3 heterocycles. The number of aromatic nitrogens is 2. The van der Waals surface area contributed by atoms with Gasteiger partial charge >= 0.3 is 0 Å². The number of pyridine rings is 1. The first-order valence-corrected chi connectivity index (χ1v) is 7.50. The van der Waals surface area contributed by atoms with E-state index in [0.29, 0.717) is 8.67 Å². The number of rotatable bonds is 2. The molecule has 0 aliphatic rings. The first-order valence-electron chi connectivity index (χ1n) is 5.05. The van der Waals surface area contributed by atoms with Crippen LogP contribution in [-0.4, -0.2) is 9.97 Å². The van der Waals surface area contributed by atoms with Gasteiger partial charge in [0.25, 0.3) is 0 Å². The first-order chi connectivity index (χ1) is 8.74. The molecule has 0 bridgehead atoms. The molecule has 0 atom stereocenters. The van der Waals surface area contributed by atoms with Crippen LogP contribution in [0.3, 0.4) is 0 Å². The van der Waals surface area contributed by atoms with Crippen LogP contribution in [0, 0.1) is 0 Å². The summed E-state index contributed by atoms with van der Waals surface area (Å²) in [6.45, 7) is 0. The van der Waals surface area contributed by atoms with E-state index in [4.69, 9.17) is 23.2 Å². The van der Waals surface area contributed by atoms with Crippen molar-refractivity contribution in [1.29, 1.82) is 0 Å². The summed E-state index contributed by atoms with van der Waals surface area (Å²) >= 11 is 15.0. The van der Waals surface area contributed by atoms with Gasteiger partial charge in [-0.25, -0.2) is 4.98 Å². The van der Waals surface area contributed by atoms with Gasteiger partial charge in [-0.05, 0) is 18.2 Å². The molecule has 0 saturated carbocycles. The number of thiophene rings is 1. The highest BCUT2D eigenvalue weighted by Gasteiger charge is 2.12. The molecule has 0 spiro atoms. The predicted octanol–water partition coefficient (Wildman–Crippen LogP) is 5.24. The van der Waals surface area contributed by atoms with Gasteiger partial charge in [0.1, 0.15) is 9.34 Å². The zero-order valence-electron chi connectivity index (χ0n) is 8.93. The lowest BCUT2D eigenvalue weighted by atomic mass is 10.2. The Balaban J connectivity index is 2.02. The van der Waals surface area contributed by atoms with Crippen LogP contribution in [-0.2, 0) is 0 Å². The van der Waals surface area contributed by atoms with Crippen molar-refractivity contribution < 1.29 is 0 Å². The molecule has 3 aromatic rings. The second-order valence-corrected chi connectivity index (χ2v) is 6.66. The number of halogens is 2. The number of nitrogens with zero attached hydrogens (tertiary/aromatic N) is 2. The molecule has 3 aromatic heterocycles. The maximum atomic E-state index is 6.12. The van der Waals surface area contributed by atoms with Gasteiger partial charge in [0, 0.05) is 28.9 Å². The molecule has 0 amide bonds. The van der Waals surface area contributed by atoms with Crippen molar-refractivity contribution in [3.63, 3.8) is 0 Å². The van der Waals surface area contributed by atoms with Crippen LogP contribution in [0.1, 0.15) is 0 Å². The Kier molecular flexibility index (Phi) is 3.35. The Morgan fingerprint density at radius 1 is 1.22 bits per heavy atom. The molecule has 0 aromatic carbocycles. The SMILES string of the molecule is Clc1cc(-c2csc(-c3cccnc3)n2)c(Cl)s1. The molecule has 0 N–H and O–H groups in total. The van der Waals surface area contributed by atoms with Crippen molar-refractivity contribution in [2.45, 2.75) is 0 Å². The van der Waals surface area contributed by atoms with Crippen molar-refractivity contribution in [2.75, 3.05) is 0 Å². The van der Waals surface area contributed by atoms with Crippen LogP contribution in [0.5, 0.6) is 0 Å². The smallest absolute Gasteiger partial charge is 0.125 e. The Labute approximate surface area is 122 Å². The second kappa shape index (κ2) is 4.97. The maximum Gasteiger partial charge on any atom is 0.125 e. The monoisotopic (exact) mass is 312 g/mol. The van der Waals surface area contributed by atoms with Crippen LogP contribution in [0.2, 0.25) is 8.67 Å². The molecular weight excluding hydrogens is 307 g/mol. The van der Waals surface area contributed by atoms with Crippen molar-refractivity contribution in [3.8, 4) is 21.8 Å². The van der Waals surface area contributed by atoms with E-state index in [1.807, 2.05) is 23.6 Å². The van der Waals surface area contributed by atoms with Gasteiger partial charge in [-0.2, -0.15) is 0 Å². The van der Waals surface area contributed by atoms with Crippen molar-refractivity contribution in [3.05, 3.63) is 44.6 Å². The molecule has 0 unspecified atom stereocenters. The summed E-state index contributed by atoms with van der Waals surface area (Å²) in [6.07, 6.45) is 3.54. The zero-order chi connectivity index (χ0) is 12.5. The van der Waals surface area contributed by atoms with Crippen LogP contribution in [0.4, 0.5) is 0 Å². The Morgan fingerprint density at radius 2 is 2.11 bits per heavy atom. The maximum absolute atomic E-state index is 6.12. The van der Waals surface area contributed by atoms with E-state index in [0.717, 1.165) is 21.8 Å². The van der Waals surface area contributed by atoms with Gasteiger partial charge in [-0.15, -0.1) is 22.7 Å².